The maximum Gasteiger partial charge on any atom is 0.310 e. The van der Waals surface area contributed by atoms with E-state index < -0.39 is 23.0 Å². The van der Waals surface area contributed by atoms with Gasteiger partial charge in [-0.2, -0.15) is 0 Å². The van der Waals surface area contributed by atoms with Crippen molar-refractivity contribution in [2.75, 3.05) is 32.5 Å². The zero-order valence-electron chi connectivity index (χ0n) is 19.4. The zero-order chi connectivity index (χ0) is 25.0. The largest absolute Gasteiger partial charge is 0.497 e. The zero-order valence-corrected chi connectivity index (χ0v) is 21.0. The van der Waals surface area contributed by atoms with Gasteiger partial charge in [-0.05, 0) is 74.2 Å². The van der Waals surface area contributed by atoms with Crippen LogP contribution in [0.3, 0.4) is 0 Å². The Morgan fingerprint density at radius 2 is 2.11 bits per heavy atom. The highest BCUT2D eigenvalue weighted by atomic mass is 35.5. The van der Waals surface area contributed by atoms with E-state index >= 15 is 0 Å². The van der Waals surface area contributed by atoms with Gasteiger partial charge in [0.05, 0.1) is 23.1 Å². The van der Waals surface area contributed by atoms with E-state index in [0.29, 0.717) is 61.8 Å². The second kappa shape index (κ2) is 11.1. The summed E-state index contributed by atoms with van der Waals surface area (Å²) in [7, 11) is 1.61. The van der Waals surface area contributed by atoms with E-state index in [1.807, 2.05) is 18.2 Å². The molecule has 1 aliphatic heterocycles. The summed E-state index contributed by atoms with van der Waals surface area (Å²) < 4.78 is 32.6. The first-order valence-electron chi connectivity index (χ1n) is 11.5. The predicted octanol–water partition coefficient (Wildman–Crippen LogP) is 6.07. The molecule has 1 aromatic heterocycles. The van der Waals surface area contributed by atoms with Crippen molar-refractivity contribution < 1.29 is 23.4 Å². The predicted molar refractivity (Wildman–Crippen MR) is 134 cm³/mol. The lowest BCUT2D eigenvalue weighted by molar-refractivity contribution is -0.148. The van der Waals surface area contributed by atoms with Gasteiger partial charge in [-0.15, -0.1) is 11.8 Å². The fraction of sp³-hybridized carbons (Fsp3) is 0.385. The van der Waals surface area contributed by atoms with E-state index in [4.69, 9.17) is 16.3 Å². The average Bonchev–Trinajstić information content (AvgIpc) is 3.27. The van der Waals surface area contributed by atoms with E-state index in [1.54, 1.807) is 13.3 Å². The number of pyridine rings is 1. The molecule has 1 aliphatic rings. The van der Waals surface area contributed by atoms with Crippen LogP contribution in [0.2, 0.25) is 5.02 Å². The number of likely N-dealkylation sites (tertiary alicyclic amines) is 1. The summed E-state index contributed by atoms with van der Waals surface area (Å²) in [4.78, 5) is 19.0. The van der Waals surface area contributed by atoms with Crippen LogP contribution in [0.5, 0.6) is 5.75 Å². The topological polar surface area (TPSA) is 62.7 Å². The molecule has 2 heterocycles. The first-order chi connectivity index (χ1) is 16.8. The molecular weight excluding hydrogens is 494 g/mol. The Kier molecular flexibility index (Phi) is 8.14. The molecule has 1 N–H and O–H groups in total. The quantitative estimate of drug-likeness (QED) is 0.327. The maximum atomic E-state index is 13.8. The third-order valence-electron chi connectivity index (χ3n) is 6.66. The lowest BCUT2D eigenvalue weighted by atomic mass is 9.81. The Balaban J connectivity index is 1.37. The van der Waals surface area contributed by atoms with Gasteiger partial charge < -0.3 is 14.7 Å². The summed E-state index contributed by atoms with van der Waals surface area (Å²) in [5.41, 5.74) is 0.929. The van der Waals surface area contributed by atoms with Crippen molar-refractivity contribution in [1.29, 1.82) is 0 Å². The van der Waals surface area contributed by atoms with Crippen LogP contribution in [0.4, 0.5) is 8.78 Å². The number of benzene rings is 2. The van der Waals surface area contributed by atoms with Crippen LogP contribution in [-0.4, -0.2) is 53.5 Å². The van der Waals surface area contributed by atoms with Gasteiger partial charge in [0.25, 0.3) is 0 Å². The molecule has 2 aromatic carbocycles. The molecule has 1 atom stereocenters. The lowest BCUT2D eigenvalue weighted by Gasteiger charge is -2.25. The molecule has 0 radical (unpaired) electrons. The number of halogens is 3. The van der Waals surface area contributed by atoms with Crippen molar-refractivity contribution in [2.24, 2.45) is 5.41 Å². The second-order valence-electron chi connectivity index (χ2n) is 8.86. The minimum absolute atomic E-state index is 0.270. The van der Waals surface area contributed by atoms with Crippen molar-refractivity contribution in [1.82, 2.24) is 9.88 Å². The number of aliphatic carboxylic acids is 1. The highest BCUT2D eigenvalue weighted by Crippen LogP contribution is 2.37. The highest BCUT2D eigenvalue weighted by molar-refractivity contribution is 7.99. The monoisotopic (exact) mass is 520 g/mol. The summed E-state index contributed by atoms with van der Waals surface area (Å²) in [5.74, 6) is -0.446. The van der Waals surface area contributed by atoms with Gasteiger partial charge >= 0.3 is 5.97 Å². The van der Waals surface area contributed by atoms with E-state index in [0.717, 1.165) is 28.6 Å². The number of hydrogen-bond acceptors (Lipinski definition) is 5. The second-order valence-corrected chi connectivity index (χ2v) is 10.4. The molecule has 3 aromatic rings. The van der Waals surface area contributed by atoms with E-state index in [9.17, 15) is 18.7 Å². The number of nitrogens with zero attached hydrogens (tertiary/aromatic N) is 2. The van der Waals surface area contributed by atoms with Crippen molar-refractivity contribution >= 4 is 40.2 Å². The molecule has 0 bridgehead atoms. The van der Waals surface area contributed by atoms with Crippen molar-refractivity contribution in [2.45, 2.75) is 30.6 Å². The lowest BCUT2D eigenvalue weighted by Crippen LogP contribution is -2.35. The van der Waals surface area contributed by atoms with Crippen LogP contribution in [-0.2, 0) is 11.2 Å². The first kappa shape index (κ1) is 25.7. The summed E-state index contributed by atoms with van der Waals surface area (Å²) in [6.45, 7) is 1.71. The molecule has 0 saturated carbocycles. The number of carbonyl (C=O) groups is 1. The molecule has 5 nitrogen and oxygen atoms in total. The number of aromatic nitrogens is 1. The summed E-state index contributed by atoms with van der Waals surface area (Å²) in [6, 6.07) is 9.05. The summed E-state index contributed by atoms with van der Waals surface area (Å²) in [5, 5.41) is 11.5. The minimum atomic E-state index is -0.832. The molecular formula is C26H27ClF2N2O3S. The van der Waals surface area contributed by atoms with Gasteiger partial charge in [0.1, 0.15) is 17.4 Å². The Morgan fingerprint density at radius 3 is 2.89 bits per heavy atom. The van der Waals surface area contributed by atoms with Crippen LogP contribution >= 0.6 is 23.4 Å². The third-order valence-corrected chi connectivity index (χ3v) is 8.00. The van der Waals surface area contributed by atoms with Crippen molar-refractivity contribution in [3.63, 3.8) is 0 Å². The number of methoxy groups -OCH3 is 1. The van der Waals surface area contributed by atoms with Gasteiger partial charge in [0.2, 0.25) is 0 Å². The Labute approximate surface area is 212 Å². The molecule has 0 spiro atoms. The number of ether oxygens (including phenoxy) is 1. The summed E-state index contributed by atoms with van der Waals surface area (Å²) >= 11 is 7.71. The van der Waals surface area contributed by atoms with Crippen LogP contribution < -0.4 is 4.74 Å². The minimum Gasteiger partial charge on any atom is -0.497 e. The fourth-order valence-electron chi connectivity index (χ4n) is 4.69. The number of fused-ring (bicyclic) bond motifs is 1. The normalized spacial score (nSPS) is 18.3. The molecule has 186 valence electrons. The van der Waals surface area contributed by atoms with Gasteiger partial charge in [-0.3, -0.25) is 9.78 Å². The number of carboxylic acid groups (broad SMARTS) is 1. The Morgan fingerprint density at radius 1 is 1.29 bits per heavy atom. The molecule has 1 fully saturated rings. The van der Waals surface area contributed by atoms with Crippen LogP contribution in [0.15, 0.2) is 47.5 Å². The van der Waals surface area contributed by atoms with E-state index in [2.05, 4.69) is 9.88 Å². The smallest absolute Gasteiger partial charge is 0.310 e. The van der Waals surface area contributed by atoms with Gasteiger partial charge in [0.15, 0.2) is 0 Å². The van der Waals surface area contributed by atoms with Crippen molar-refractivity contribution in [3.05, 3.63) is 64.8 Å². The molecule has 35 heavy (non-hydrogen) atoms. The molecule has 9 heteroatoms. The van der Waals surface area contributed by atoms with Crippen molar-refractivity contribution in [3.8, 4) is 5.75 Å². The van der Waals surface area contributed by atoms with Gasteiger partial charge in [0, 0.05) is 35.3 Å². The van der Waals surface area contributed by atoms with Crippen LogP contribution in [0, 0.1) is 17.0 Å². The SMILES string of the molecule is COc1ccc2ncc(Cl)c(CCCC3(C(=O)O)CCN(CCSc4cc(F)ccc4F)C3)c2c1. The Hall–Kier alpha value is -2.42. The highest BCUT2D eigenvalue weighted by Gasteiger charge is 2.44. The number of carboxylic acids is 1. The van der Waals surface area contributed by atoms with E-state index in [1.165, 1.54) is 17.8 Å². The average molecular weight is 521 g/mol. The van der Waals surface area contributed by atoms with Crippen LogP contribution in [0.25, 0.3) is 10.9 Å². The third kappa shape index (κ3) is 5.88. The number of thioether (sulfide) groups is 1. The molecule has 1 unspecified atom stereocenters. The van der Waals surface area contributed by atoms with Gasteiger partial charge in [-0.1, -0.05) is 11.6 Å². The Bertz CT molecular complexity index is 1230. The number of aryl methyl sites for hydroxylation is 1. The maximum absolute atomic E-state index is 13.8. The fourth-order valence-corrected chi connectivity index (χ4v) is 5.91. The number of rotatable bonds is 10. The standard InChI is InChI=1S/C26H27ClF2N2O3S/c1-34-18-5-7-23-20(14-18)19(21(27)15-30-23)3-2-8-26(25(32)33)9-10-31(16-26)11-12-35-24-13-17(28)4-6-22(24)29/h4-7,13-15H,2-3,8-12,16H2,1H3,(H,32,33). The first-order valence-corrected chi connectivity index (χ1v) is 12.8. The molecule has 4 rings (SSSR count). The van der Waals surface area contributed by atoms with E-state index in [-0.39, 0.29) is 4.90 Å². The molecule has 1 saturated heterocycles. The summed E-state index contributed by atoms with van der Waals surface area (Å²) in [6.07, 6.45) is 4.01. The molecule has 0 aliphatic carbocycles. The van der Waals surface area contributed by atoms with Gasteiger partial charge in [-0.25, -0.2) is 8.78 Å². The van der Waals surface area contributed by atoms with Crippen LogP contribution in [0.1, 0.15) is 24.8 Å². The molecule has 0 amide bonds. The number of hydrogen-bond donors (Lipinski definition) is 1.